The molecule has 3 rings (SSSR count). The van der Waals surface area contributed by atoms with E-state index in [0.29, 0.717) is 18.7 Å². The van der Waals surface area contributed by atoms with Gasteiger partial charge < -0.3 is 10.1 Å². The van der Waals surface area contributed by atoms with Crippen LogP contribution in [0.15, 0.2) is 24.3 Å². The fourth-order valence-corrected chi connectivity index (χ4v) is 2.88. The van der Waals surface area contributed by atoms with E-state index in [0.717, 1.165) is 18.4 Å². The summed E-state index contributed by atoms with van der Waals surface area (Å²) in [5, 5.41) is 12.0. The van der Waals surface area contributed by atoms with Crippen LogP contribution in [0.2, 0.25) is 0 Å². The Morgan fingerprint density at radius 3 is 3.00 bits per heavy atom. The second-order valence-corrected chi connectivity index (χ2v) is 5.85. The van der Waals surface area contributed by atoms with E-state index in [1.54, 1.807) is 13.0 Å². The van der Waals surface area contributed by atoms with Crippen LogP contribution in [-0.2, 0) is 15.1 Å². The Morgan fingerprint density at radius 1 is 1.55 bits per heavy atom. The molecule has 1 aliphatic heterocycles. The van der Waals surface area contributed by atoms with Crippen LogP contribution in [0.25, 0.3) is 0 Å². The van der Waals surface area contributed by atoms with Gasteiger partial charge in [0, 0.05) is 12.3 Å². The molecule has 1 aromatic rings. The zero-order valence-electron chi connectivity index (χ0n) is 12.6. The van der Waals surface area contributed by atoms with Crippen molar-refractivity contribution < 1.29 is 9.53 Å². The van der Waals surface area contributed by atoms with Crippen LogP contribution in [0.3, 0.4) is 0 Å². The highest BCUT2D eigenvalue weighted by atomic mass is 16.5. The van der Waals surface area contributed by atoms with E-state index in [9.17, 15) is 4.79 Å². The van der Waals surface area contributed by atoms with Crippen LogP contribution < -0.4 is 5.32 Å². The van der Waals surface area contributed by atoms with E-state index in [2.05, 4.69) is 23.2 Å². The third-order valence-electron chi connectivity index (χ3n) is 4.41. The van der Waals surface area contributed by atoms with Gasteiger partial charge in [0.1, 0.15) is 5.60 Å². The van der Waals surface area contributed by atoms with Gasteiger partial charge in [0.25, 0.3) is 0 Å². The number of carbonyl (C=O) groups is 1. The van der Waals surface area contributed by atoms with Gasteiger partial charge in [0.05, 0.1) is 30.7 Å². The molecule has 1 aliphatic carbocycles. The maximum Gasteiger partial charge on any atom is 0.224 e. The van der Waals surface area contributed by atoms with Crippen molar-refractivity contribution in [2.24, 2.45) is 11.8 Å². The van der Waals surface area contributed by atoms with Gasteiger partial charge in [-0.25, -0.2) is 0 Å². The Labute approximate surface area is 130 Å². The van der Waals surface area contributed by atoms with Gasteiger partial charge in [0.15, 0.2) is 0 Å². The predicted molar refractivity (Wildman–Crippen MR) is 81.5 cm³/mol. The van der Waals surface area contributed by atoms with Crippen molar-refractivity contribution in [3.8, 4) is 17.9 Å². The van der Waals surface area contributed by atoms with Gasteiger partial charge in [-0.05, 0) is 31.0 Å². The minimum Gasteiger partial charge on any atom is -0.368 e. The summed E-state index contributed by atoms with van der Waals surface area (Å²) in [4.78, 5) is 12.1. The number of carbonyl (C=O) groups excluding carboxylic acids is 1. The minimum absolute atomic E-state index is 0.0232. The van der Waals surface area contributed by atoms with E-state index >= 15 is 0 Å². The molecule has 112 valence electrons. The molecule has 1 saturated heterocycles. The van der Waals surface area contributed by atoms with Crippen molar-refractivity contribution in [2.75, 3.05) is 13.2 Å². The van der Waals surface area contributed by atoms with Crippen LogP contribution >= 0.6 is 0 Å². The van der Waals surface area contributed by atoms with E-state index in [1.165, 1.54) is 0 Å². The fourth-order valence-electron chi connectivity index (χ4n) is 2.88. The first-order valence-corrected chi connectivity index (χ1v) is 7.53. The fraction of sp³-hybridized carbons (Fsp3) is 0.444. The largest absolute Gasteiger partial charge is 0.368 e. The maximum atomic E-state index is 12.1. The average Bonchev–Trinajstić information content (AvgIpc) is 3.26. The number of nitrogens with zero attached hydrogens (tertiary/aromatic N) is 1. The molecule has 3 atom stereocenters. The summed E-state index contributed by atoms with van der Waals surface area (Å²) >= 11 is 0. The van der Waals surface area contributed by atoms with Crippen molar-refractivity contribution >= 4 is 5.91 Å². The highest BCUT2D eigenvalue weighted by molar-refractivity contribution is 5.82. The molecule has 1 aromatic carbocycles. The molecule has 1 amide bonds. The quantitative estimate of drug-likeness (QED) is 0.863. The Balaban J connectivity index is 1.65. The number of benzene rings is 1. The number of hydrogen-bond acceptors (Lipinski definition) is 3. The monoisotopic (exact) mass is 294 g/mol. The molecule has 2 fully saturated rings. The maximum absolute atomic E-state index is 12.1. The number of nitrogens with one attached hydrogen (secondary N) is 1. The molecule has 0 spiro atoms. The molecule has 22 heavy (non-hydrogen) atoms. The molecule has 4 nitrogen and oxygen atoms in total. The lowest BCUT2D eigenvalue weighted by Gasteiger charge is -2.42. The lowest BCUT2D eigenvalue weighted by Crippen LogP contribution is -2.50. The van der Waals surface area contributed by atoms with Gasteiger partial charge in [-0.3, -0.25) is 4.79 Å². The van der Waals surface area contributed by atoms with Crippen molar-refractivity contribution in [1.29, 1.82) is 5.26 Å². The van der Waals surface area contributed by atoms with E-state index in [4.69, 9.17) is 10.00 Å². The Hall–Kier alpha value is -2.30. The van der Waals surface area contributed by atoms with Crippen molar-refractivity contribution in [2.45, 2.75) is 25.4 Å². The summed E-state index contributed by atoms with van der Waals surface area (Å²) in [6.07, 6.45) is 1.70. The first-order valence-electron chi connectivity index (χ1n) is 7.53. The summed E-state index contributed by atoms with van der Waals surface area (Å²) < 4.78 is 5.78. The summed E-state index contributed by atoms with van der Waals surface area (Å²) in [5.41, 5.74) is 1.08. The van der Waals surface area contributed by atoms with Gasteiger partial charge in [-0.15, -0.1) is 5.92 Å². The smallest absolute Gasteiger partial charge is 0.224 e. The van der Waals surface area contributed by atoms with Crippen LogP contribution in [0, 0.1) is 35.0 Å². The first kappa shape index (κ1) is 14.6. The molecule has 0 aromatic heterocycles. The average molecular weight is 294 g/mol. The van der Waals surface area contributed by atoms with Crippen molar-refractivity contribution in [3.63, 3.8) is 0 Å². The normalized spacial score (nSPS) is 28.5. The molecule has 0 radical (unpaired) electrons. The topological polar surface area (TPSA) is 62.1 Å². The van der Waals surface area contributed by atoms with Crippen LogP contribution in [-0.4, -0.2) is 19.1 Å². The molecule has 1 heterocycles. The number of hydrogen-bond donors (Lipinski definition) is 1. The lowest BCUT2D eigenvalue weighted by molar-refractivity contribution is -0.155. The minimum atomic E-state index is -0.483. The second kappa shape index (κ2) is 5.83. The number of ether oxygens (including phenoxy) is 1. The molecular formula is C18H18N2O2. The Morgan fingerprint density at radius 2 is 2.36 bits per heavy atom. The number of nitriles is 1. The Kier molecular flexibility index (Phi) is 3.88. The summed E-state index contributed by atoms with van der Waals surface area (Å²) in [7, 11) is 0. The number of rotatable bonds is 4. The summed E-state index contributed by atoms with van der Waals surface area (Å²) in [5.74, 6) is 6.20. The number of amides is 1. The summed E-state index contributed by atoms with van der Waals surface area (Å²) in [6, 6.07) is 9.56. The molecular weight excluding hydrogens is 276 g/mol. The van der Waals surface area contributed by atoms with E-state index in [-0.39, 0.29) is 17.7 Å². The van der Waals surface area contributed by atoms with Crippen molar-refractivity contribution in [1.82, 2.24) is 5.32 Å². The molecule has 2 aliphatic rings. The highest BCUT2D eigenvalue weighted by Crippen LogP contribution is 2.40. The zero-order chi connectivity index (χ0) is 15.6. The van der Waals surface area contributed by atoms with E-state index in [1.807, 2.05) is 18.2 Å². The molecule has 0 unspecified atom stereocenters. The lowest BCUT2D eigenvalue weighted by atomic mass is 9.85. The van der Waals surface area contributed by atoms with Gasteiger partial charge in [0.2, 0.25) is 5.91 Å². The highest BCUT2D eigenvalue weighted by Gasteiger charge is 2.45. The first-order chi connectivity index (χ1) is 10.7. The van der Waals surface area contributed by atoms with Gasteiger partial charge in [-0.2, -0.15) is 5.26 Å². The van der Waals surface area contributed by atoms with Gasteiger partial charge in [-0.1, -0.05) is 18.1 Å². The molecule has 1 saturated carbocycles. The second-order valence-electron chi connectivity index (χ2n) is 5.85. The summed E-state index contributed by atoms with van der Waals surface area (Å²) in [6.45, 7) is 2.93. The molecule has 4 heteroatoms. The van der Waals surface area contributed by atoms with Crippen LogP contribution in [0.5, 0.6) is 0 Å². The van der Waals surface area contributed by atoms with Crippen LogP contribution in [0.1, 0.15) is 30.9 Å². The predicted octanol–water partition coefficient (Wildman–Crippen LogP) is 1.95. The Bertz CT molecular complexity index is 689. The van der Waals surface area contributed by atoms with Gasteiger partial charge >= 0.3 is 0 Å². The molecule has 1 N–H and O–H groups in total. The third kappa shape index (κ3) is 2.71. The van der Waals surface area contributed by atoms with Crippen LogP contribution in [0.4, 0.5) is 0 Å². The SMILES string of the molecule is CC#C[C@H]1C[C@@H]1C(=O)NC[C@@]1(c2cccc(C#N)c2)CCO1. The van der Waals surface area contributed by atoms with Crippen molar-refractivity contribution in [3.05, 3.63) is 35.4 Å². The zero-order valence-corrected chi connectivity index (χ0v) is 12.6. The molecule has 0 bridgehead atoms. The standard InChI is InChI=1S/C18H18N2O2/c1-2-4-14-10-16(14)17(21)20-12-18(7-8-22-18)15-6-3-5-13(9-15)11-19/h3,5-6,9,14,16H,7-8,10,12H2,1H3,(H,20,21)/t14-,16-,18+/m0/s1. The van der Waals surface area contributed by atoms with E-state index < -0.39 is 5.60 Å². The third-order valence-corrected chi connectivity index (χ3v) is 4.41.